The highest BCUT2D eigenvalue weighted by Gasteiger charge is 1.82. The third kappa shape index (κ3) is 1.07. The van der Waals surface area contributed by atoms with E-state index in [-0.39, 0.29) is 5.95 Å². The van der Waals surface area contributed by atoms with Crippen molar-refractivity contribution in [2.45, 2.75) is 0 Å². The molecule has 1 aromatic heterocycles. The molecular weight excluding hydrogens is 124 g/mol. The lowest BCUT2D eigenvalue weighted by Crippen LogP contribution is -1.60. The van der Waals surface area contributed by atoms with Gasteiger partial charge in [0, 0.05) is 10.6 Å². The first-order valence-electron chi connectivity index (χ1n) is 2.07. The van der Waals surface area contributed by atoms with Gasteiger partial charge < -0.3 is 9.52 Å². The van der Waals surface area contributed by atoms with Crippen LogP contribution in [0.1, 0.15) is 0 Å². The van der Waals surface area contributed by atoms with Gasteiger partial charge in [0.15, 0.2) is 0 Å². The summed E-state index contributed by atoms with van der Waals surface area (Å²) in [5, 5.41) is 8.58. The Morgan fingerprint density at radius 3 is 2.75 bits per heavy atom. The largest absolute Gasteiger partial charge is 0.481 e. The van der Waals surface area contributed by atoms with Crippen LogP contribution in [0.4, 0.5) is 0 Å². The van der Waals surface area contributed by atoms with Gasteiger partial charge >= 0.3 is 0 Å². The van der Waals surface area contributed by atoms with Crippen molar-refractivity contribution in [1.82, 2.24) is 0 Å². The summed E-state index contributed by atoms with van der Waals surface area (Å²) in [6.07, 6.45) is 1.34. The molecule has 0 aliphatic carbocycles. The quantitative estimate of drug-likeness (QED) is 0.540. The molecule has 0 fully saturated rings. The molecule has 3 heteroatoms. The molecule has 42 valence electrons. The van der Waals surface area contributed by atoms with E-state index in [4.69, 9.17) is 5.11 Å². The van der Waals surface area contributed by atoms with Gasteiger partial charge in [-0.1, -0.05) is 12.2 Å². The second kappa shape index (κ2) is 1.96. The molecule has 0 aliphatic heterocycles. The molecule has 1 rings (SSSR count). The number of hydrogen-bond donors (Lipinski definition) is 1. The zero-order valence-electron chi connectivity index (χ0n) is 4.00. The van der Waals surface area contributed by atoms with Crippen molar-refractivity contribution in [3.63, 3.8) is 0 Å². The number of rotatable bonds is 0. The van der Waals surface area contributed by atoms with Gasteiger partial charge in [-0.3, -0.25) is 0 Å². The minimum Gasteiger partial charge on any atom is -0.481 e. The summed E-state index contributed by atoms with van der Waals surface area (Å²) < 4.78 is 5.07. The van der Waals surface area contributed by atoms with Gasteiger partial charge in [-0.15, -0.1) is 0 Å². The zero-order valence-corrected chi connectivity index (χ0v) is 4.81. The van der Waals surface area contributed by atoms with Crippen LogP contribution in [0, 0.1) is 4.51 Å². The third-order valence-electron chi connectivity index (χ3n) is 0.687. The van der Waals surface area contributed by atoms with Gasteiger partial charge in [-0.2, -0.15) is 0 Å². The van der Waals surface area contributed by atoms with Crippen LogP contribution in [0.3, 0.4) is 0 Å². The van der Waals surface area contributed by atoms with Crippen molar-refractivity contribution >= 4 is 12.2 Å². The normalized spacial score (nSPS) is 9.00. The summed E-state index contributed by atoms with van der Waals surface area (Å²) in [5.74, 6) is -0.141. The van der Waals surface area contributed by atoms with E-state index in [2.05, 4.69) is 16.6 Å². The monoisotopic (exact) mass is 128 g/mol. The Balaban J connectivity index is 3.28. The van der Waals surface area contributed by atoms with Crippen molar-refractivity contribution < 1.29 is 9.52 Å². The lowest BCUT2D eigenvalue weighted by atomic mass is 10.5. The molecule has 0 aliphatic rings. The van der Waals surface area contributed by atoms with E-state index in [0.29, 0.717) is 4.51 Å². The van der Waals surface area contributed by atoms with Gasteiger partial charge in [0.1, 0.15) is 0 Å². The van der Waals surface area contributed by atoms with Crippen LogP contribution in [0.2, 0.25) is 0 Å². The fourth-order valence-electron chi connectivity index (χ4n) is 0.375. The zero-order chi connectivity index (χ0) is 5.98. The lowest BCUT2D eigenvalue weighted by Gasteiger charge is -1.84. The smallest absolute Gasteiger partial charge is 0.283 e. The second-order valence-corrected chi connectivity index (χ2v) is 1.78. The van der Waals surface area contributed by atoms with Gasteiger partial charge in [0.05, 0.1) is 6.26 Å². The molecule has 8 heavy (non-hydrogen) atoms. The molecule has 0 saturated heterocycles. The molecule has 0 unspecified atom stereocenters. The fraction of sp³-hybridized carbons (Fsp3) is 0. The fourth-order valence-corrected chi connectivity index (χ4v) is 0.531. The van der Waals surface area contributed by atoms with E-state index in [1.807, 2.05) is 0 Å². The summed E-state index contributed by atoms with van der Waals surface area (Å²) in [4.78, 5) is 0. The summed E-state index contributed by atoms with van der Waals surface area (Å²) in [6, 6.07) is 2.96. The molecule has 0 atom stereocenters. The van der Waals surface area contributed by atoms with E-state index < -0.39 is 0 Å². The maximum Gasteiger partial charge on any atom is 0.283 e. The highest BCUT2D eigenvalue weighted by atomic mass is 32.1. The Labute approximate surface area is 51.4 Å². The molecule has 0 saturated carbocycles. The van der Waals surface area contributed by atoms with E-state index >= 15 is 0 Å². The molecule has 2 nitrogen and oxygen atoms in total. The third-order valence-corrected chi connectivity index (χ3v) is 0.941. The Morgan fingerprint density at radius 2 is 2.38 bits per heavy atom. The van der Waals surface area contributed by atoms with Crippen molar-refractivity contribution in [3.8, 4) is 5.95 Å². The summed E-state index contributed by atoms with van der Waals surface area (Å²) in [5.41, 5.74) is 0. The van der Waals surface area contributed by atoms with Crippen LogP contribution in [0.15, 0.2) is 22.8 Å². The number of aromatic hydroxyl groups is 1. The van der Waals surface area contributed by atoms with Gasteiger partial charge in [0.25, 0.3) is 5.95 Å². The first kappa shape index (κ1) is 5.31. The predicted octanol–water partition coefficient (Wildman–Crippen LogP) is 1.71. The molecule has 0 bridgehead atoms. The van der Waals surface area contributed by atoms with Crippen LogP contribution in [-0.2, 0) is 0 Å². The van der Waals surface area contributed by atoms with E-state index in [9.17, 15) is 0 Å². The van der Waals surface area contributed by atoms with E-state index in [1.54, 1.807) is 6.07 Å². The molecule has 0 amide bonds. The first-order valence-corrected chi connectivity index (χ1v) is 2.48. The van der Waals surface area contributed by atoms with Gasteiger partial charge in [-0.05, 0) is 6.07 Å². The minimum atomic E-state index is -0.141. The molecular formula is C5H4O2S. The Bertz CT molecular complexity index is 228. The highest BCUT2D eigenvalue weighted by molar-refractivity contribution is 7.71. The Kier molecular flexibility index (Phi) is 1.30. The Hall–Kier alpha value is -0.830. The molecule has 1 heterocycles. The van der Waals surface area contributed by atoms with Crippen molar-refractivity contribution in [2.24, 2.45) is 0 Å². The van der Waals surface area contributed by atoms with Gasteiger partial charge in [-0.25, -0.2) is 0 Å². The summed E-state index contributed by atoms with van der Waals surface area (Å²) in [6.45, 7) is 0. The van der Waals surface area contributed by atoms with Crippen LogP contribution in [0.5, 0.6) is 5.95 Å². The van der Waals surface area contributed by atoms with Crippen molar-refractivity contribution in [1.29, 1.82) is 0 Å². The summed E-state index contributed by atoms with van der Waals surface area (Å²) in [7, 11) is 0. The van der Waals surface area contributed by atoms with Crippen LogP contribution in [0.25, 0.3) is 0 Å². The van der Waals surface area contributed by atoms with Crippen LogP contribution < -0.4 is 0 Å². The van der Waals surface area contributed by atoms with Crippen LogP contribution >= 0.6 is 12.2 Å². The maximum absolute atomic E-state index is 8.58. The topological polar surface area (TPSA) is 33.4 Å². The highest BCUT2D eigenvalue weighted by Crippen LogP contribution is 2.05. The van der Waals surface area contributed by atoms with Gasteiger partial charge in [0.2, 0.25) is 0 Å². The Morgan fingerprint density at radius 1 is 1.62 bits per heavy atom. The lowest BCUT2D eigenvalue weighted by molar-refractivity contribution is 0.322. The van der Waals surface area contributed by atoms with E-state index in [1.165, 1.54) is 12.3 Å². The average molecular weight is 128 g/mol. The second-order valence-electron chi connectivity index (χ2n) is 1.31. The predicted molar refractivity (Wildman–Crippen MR) is 31.2 cm³/mol. The molecule has 0 radical (unpaired) electrons. The standard InChI is InChI=1S/C5H4O2S/c6-5-3-4(8)1-2-7-5/h1-3,6H. The minimum absolute atomic E-state index is 0.141. The average Bonchev–Trinajstić information content (AvgIpc) is 1.64. The maximum atomic E-state index is 8.58. The molecule has 0 spiro atoms. The molecule has 1 N–H and O–H groups in total. The SMILES string of the molecule is Oc1cc(=S)cco1. The van der Waals surface area contributed by atoms with Crippen LogP contribution in [-0.4, -0.2) is 5.11 Å². The number of hydrogen-bond acceptors (Lipinski definition) is 3. The summed E-state index contributed by atoms with van der Waals surface area (Å²) >= 11 is 4.68. The van der Waals surface area contributed by atoms with E-state index in [0.717, 1.165) is 0 Å². The van der Waals surface area contributed by atoms with Crippen molar-refractivity contribution in [2.75, 3.05) is 0 Å². The molecule has 1 aromatic rings. The first-order chi connectivity index (χ1) is 3.79. The van der Waals surface area contributed by atoms with Crippen molar-refractivity contribution in [3.05, 3.63) is 22.9 Å². The molecule has 0 aromatic carbocycles.